The van der Waals surface area contributed by atoms with Crippen molar-refractivity contribution in [2.24, 2.45) is 0 Å². The minimum Gasteiger partial charge on any atom is -0.399 e. The summed E-state index contributed by atoms with van der Waals surface area (Å²) in [4.78, 5) is 14.1. The lowest BCUT2D eigenvalue weighted by Crippen LogP contribution is -2.48. The predicted molar refractivity (Wildman–Crippen MR) is 80.2 cm³/mol. The van der Waals surface area contributed by atoms with E-state index in [1.165, 1.54) is 5.56 Å². The van der Waals surface area contributed by atoms with Crippen molar-refractivity contribution in [1.82, 2.24) is 10.2 Å². The highest BCUT2D eigenvalue weighted by molar-refractivity contribution is 5.85. The quantitative estimate of drug-likeness (QED) is 0.832. The van der Waals surface area contributed by atoms with Crippen LogP contribution in [0, 0.1) is 0 Å². The summed E-state index contributed by atoms with van der Waals surface area (Å²) in [6, 6.07) is 7.89. The van der Waals surface area contributed by atoms with Gasteiger partial charge in [0, 0.05) is 19.3 Å². The number of piperidine rings is 1. The van der Waals surface area contributed by atoms with Crippen molar-refractivity contribution in [2.75, 3.05) is 19.3 Å². The van der Waals surface area contributed by atoms with E-state index in [4.69, 9.17) is 5.73 Å². The first-order valence-corrected chi connectivity index (χ1v) is 6.51. The van der Waals surface area contributed by atoms with Gasteiger partial charge in [0.25, 0.3) is 0 Å². The fourth-order valence-electron chi connectivity index (χ4n) is 2.57. The number of nitrogens with zero attached hydrogens (tertiary/aromatic N) is 1. The van der Waals surface area contributed by atoms with Crippen molar-refractivity contribution in [1.29, 1.82) is 0 Å². The van der Waals surface area contributed by atoms with Gasteiger partial charge in [-0.2, -0.15) is 0 Å². The molecule has 0 aliphatic carbocycles. The Balaban J connectivity index is 0.00000180. The fraction of sp³-hybridized carbons (Fsp3) is 0.500. The van der Waals surface area contributed by atoms with Gasteiger partial charge in [0.1, 0.15) is 0 Å². The van der Waals surface area contributed by atoms with Gasteiger partial charge in [-0.05, 0) is 37.1 Å². The number of anilines is 1. The Hall–Kier alpha value is -1.26. The van der Waals surface area contributed by atoms with Gasteiger partial charge in [-0.1, -0.05) is 18.6 Å². The highest BCUT2D eigenvalue weighted by Gasteiger charge is 2.27. The summed E-state index contributed by atoms with van der Waals surface area (Å²) < 4.78 is 0. The van der Waals surface area contributed by atoms with Gasteiger partial charge < -0.3 is 11.1 Å². The van der Waals surface area contributed by atoms with Crippen molar-refractivity contribution < 1.29 is 4.79 Å². The molecule has 4 nitrogen and oxygen atoms in total. The smallest absolute Gasteiger partial charge is 0.237 e. The van der Waals surface area contributed by atoms with Crippen LogP contribution >= 0.6 is 12.4 Å². The third-order valence-electron chi connectivity index (χ3n) is 3.50. The van der Waals surface area contributed by atoms with Crippen LogP contribution in [0.3, 0.4) is 0 Å². The number of rotatable bonds is 3. The zero-order valence-electron chi connectivity index (χ0n) is 11.3. The third-order valence-corrected chi connectivity index (χ3v) is 3.50. The minimum absolute atomic E-state index is 0. The number of likely N-dealkylation sites (N-methyl/N-ethyl adjacent to an activating group) is 1. The van der Waals surface area contributed by atoms with Gasteiger partial charge in [-0.3, -0.25) is 9.69 Å². The van der Waals surface area contributed by atoms with Gasteiger partial charge in [0.05, 0.1) is 6.04 Å². The van der Waals surface area contributed by atoms with Crippen molar-refractivity contribution in [3.8, 4) is 0 Å². The van der Waals surface area contributed by atoms with Crippen molar-refractivity contribution in [3.63, 3.8) is 0 Å². The zero-order valence-corrected chi connectivity index (χ0v) is 12.1. The second-order valence-electron chi connectivity index (χ2n) is 4.84. The molecular formula is C14H22ClN3O. The molecule has 1 heterocycles. The molecule has 1 amide bonds. The van der Waals surface area contributed by atoms with Crippen LogP contribution in [0.1, 0.15) is 24.8 Å². The van der Waals surface area contributed by atoms with Gasteiger partial charge >= 0.3 is 0 Å². The molecule has 106 valence electrons. The number of likely N-dealkylation sites (tertiary alicyclic amines) is 1. The largest absolute Gasteiger partial charge is 0.399 e. The van der Waals surface area contributed by atoms with E-state index in [1.54, 1.807) is 7.05 Å². The normalized spacial score (nSPS) is 19.5. The molecule has 1 aromatic rings. The number of hydrogen-bond acceptors (Lipinski definition) is 3. The van der Waals surface area contributed by atoms with Crippen LogP contribution in [0.5, 0.6) is 0 Å². The molecule has 3 N–H and O–H groups in total. The third kappa shape index (κ3) is 4.11. The summed E-state index contributed by atoms with van der Waals surface area (Å²) in [5.74, 6) is 0.124. The molecule has 0 saturated carbocycles. The SMILES string of the molecule is CNC(=O)C1CCCCN1Cc1cccc(N)c1.Cl. The maximum atomic E-state index is 11.9. The lowest BCUT2D eigenvalue weighted by atomic mass is 10.0. The summed E-state index contributed by atoms with van der Waals surface area (Å²) in [6.45, 7) is 1.77. The molecule has 0 aromatic heterocycles. The maximum absolute atomic E-state index is 11.9. The van der Waals surface area contributed by atoms with Crippen LogP contribution in [0.2, 0.25) is 0 Å². The first-order valence-electron chi connectivity index (χ1n) is 6.51. The van der Waals surface area contributed by atoms with Gasteiger partial charge in [0.15, 0.2) is 0 Å². The van der Waals surface area contributed by atoms with E-state index in [0.29, 0.717) is 0 Å². The Bertz CT molecular complexity index is 425. The maximum Gasteiger partial charge on any atom is 0.237 e. The topological polar surface area (TPSA) is 58.4 Å². The number of nitrogens with one attached hydrogen (secondary N) is 1. The molecule has 1 unspecified atom stereocenters. The highest BCUT2D eigenvalue weighted by Crippen LogP contribution is 2.20. The van der Waals surface area contributed by atoms with Gasteiger partial charge in [0.2, 0.25) is 5.91 Å². The second-order valence-corrected chi connectivity index (χ2v) is 4.84. The Morgan fingerprint density at radius 3 is 2.95 bits per heavy atom. The number of benzene rings is 1. The molecule has 5 heteroatoms. The summed E-state index contributed by atoms with van der Waals surface area (Å²) in [5, 5.41) is 2.76. The van der Waals surface area contributed by atoms with Gasteiger partial charge in [-0.25, -0.2) is 0 Å². The highest BCUT2D eigenvalue weighted by atomic mass is 35.5. The van der Waals surface area contributed by atoms with Crippen LogP contribution in [0.4, 0.5) is 5.69 Å². The van der Waals surface area contributed by atoms with E-state index >= 15 is 0 Å². The van der Waals surface area contributed by atoms with E-state index in [1.807, 2.05) is 18.2 Å². The van der Waals surface area contributed by atoms with E-state index in [0.717, 1.165) is 38.0 Å². The van der Waals surface area contributed by atoms with E-state index in [-0.39, 0.29) is 24.4 Å². The predicted octanol–water partition coefficient (Wildman–Crippen LogP) is 1.79. The van der Waals surface area contributed by atoms with Gasteiger partial charge in [-0.15, -0.1) is 12.4 Å². The molecule has 0 radical (unpaired) electrons. The summed E-state index contributed by atoms with van der Waals surface area (Å²) in [6.07, 6.45) is 3.24. The number of amides is 1. The van der Waals surface area contributed by atoms with E-state index in [2.05, 4.69) is 16.3 Å². The molecule has 1 fully saturated rings. The van der Waals surface area contributed by atoms with Crippen molar-refractivity contribution in [3.05, 3.63) is 29.8 Å². The first-order chi connectivity index (χ1) is 8.70. The minimum atomic E-state index is 0. The molecule has 2 rings (SSSR count). The molecule has 1 aromatic carbocycles. The molecule has 1 atom stereocenters. The number of nitrogens with two attached hydrogens (primary N) is 1. The lowest BCUT2D eigenvalue weighted by Gasteiger charge is -2.34. The second kappa shape index (κ2) is 7.36. The Kier molecular flexibility index (Phi) is 6.12. The monoisotopic (exact) mass is 283 g/mol. The molecule has 0 spiro atoms. The first kappa shape index (κ1) is 15.8. The molecule has 19 heavy (non-hydrogen) atoms. The van der Waals surface area contributed by atoms with E-state index < -0.39 is 0 Å². The number of carbonyl (C=O) groups excluding carboxylic acids is 1. The van der Waals surface area contributed by atoms with Crippen LogP contribution in [0.25, 0.3) is 0 Å². The standard InChI is InChI=1S/C14H21N3O.ClH/c1-16-14(18)13-7-2-3-8-17(13)10-11-5-4-6-12(15)9-11;/h4-6,9,13H,2-3,7-8,10,15H2,1H3,(H,16,18);1H. The van der Waals surface area contributed by atoms with Crippen LogP contribution in [-0.4, -0.2) is 30.4 Å². The summed E-state index contributed by atoms with van der Waals surface area (Å²) in [5.41, 5.74) is 7.74. The van der Waals surface area contributed by atoms with Crippen LogP contribution in [0.15, 0.2) is 24.3 Å². The Morgan fingerprint density at radius 2 is 2.26 bits per heavy atom. The number of carbonyl (C=O) groups is 1. The van der Waals surface area contributed by atoms with Crippen LogP contribution in [-0.2, 0) is 11.3 Å². The van der Waals surface area contributed by atoms with Crippen LogP contribution < -0.4 is 11.1 Å². The molecule has 0 bridgehead atoms. The molecule has 1 saturated heterocycles. The summed E-state index contributed by atoms with van der Waals surface area (Å²) >= 11 is 0. The molecule has 1 aliphatic heterocycles. The number of nitrogen functional groups attached to an aromatic ring is 1. The Labute approximate surface area is 120 Å². The number of halogens is 1. The lowest BCUT2D eigenvalue weighted by molar-refractivity contribution is -0.127. The average molecular weight is 284 g/mol. The molecule has 1 aliphatic rings. The molecular weight excluding hydrogens is 262 g/mol. The Morgan fingerprint density at radius 1 is 1.47 bits per heavy atom. The fourth-order valence-corrected chi connectivity index (χ4v) is 2.57. The van der Waals surface area contributed by atoms with Crippen molar-refractivity contribution >= 4 is 24.0 Å². The van der Waals surface area contributed by atoms with Crippen molar-refractivity contribution in [2.45, 2.75) is 31.8 Å². The zero-order chi connectivity index (χ0) is 13.0. The number of hydrogen-bond donors (Lipinski definition) is 2. The van der Waals surface area contributed by atoms with E-state index in [9.17, 15) is 4.79 Å². The average Bonchev–Trinajstić information content (AvgIpc) is 2.38. The summed E-state index contributed by atoms with van der Waals surface area (Å²) in [7, 11) is 1.70.